The van der Waals surface area contributed by atoms with Crippen LogP contribution in [0.4, 0.5) is 0 Å². The molecular formula is C4H7Cl3NO-3. The van der Waals surface area contributed by atoms with Gasteiger partial charge in [0.2, 0.25) is 5.91 Å². The average molecular weight is 191 g/mol. The molecule has 58 valence electrons. The van der Waals surface area contributed by atoms with Gasteiger partial charge in [-0.15, -0.1) is 0 Å². The fraction of sp³-hybridized carbons (Fsp3) is 0.750. The van der Waals surface area contributed by atoms with Gasteiger partial charge < -0.3 is 42.5 Å². The van der Waals surface area contributed by atoms with Crippen LogP contribution in [-0.2, 0) is 4.79 Å². The van der Waals surface area contributed by atoms with Crippen molar-refractivity contribution in [2.24, 2.45) is 0 Å². The van der Waals surface area contributed by atoms with Gasteiger partial charge in [-0.2, -0.15) is 0 Å². The van der Waals surface area contributed by atoms with Crippen LogP contribution in [0.2, 0.25) is 0 Å². The molecule has 0 unspecified atom stereocenters. The Morgan fingerprint density at radius 1 is 1.22 bits per heavy atom. The summed E-state index contributed by atoms with van der Waals surface area (Å²) in [5.74, 6) is 0.204. The highest BCUT2D eigenvalue weighted by Crippen LogP contribution is 1.93. The zero-order chi connectivity index (χ0) is 4.41. The molecule has 2 nitrogen and oxygen atoms in total. The second kappa shape index (κ2) is 8.34. The lowest BCUT2D eigenvalue weighted by Gasteiger charge is -1.80. The summed E-state index contributed by atoms with van der Waals surface area (Å²) in [5, 5.41) is 2.68. The molecule has 1 rings (SSSR count). The van der Waals surface area contributed by atoms with Crippen LogP contribution in [-0.4, -0.2) is 12.5 Å². The standard InChI is InChI=1S/C4H7NO.3ClH/c6-4-2-1-3-5-4;;;/h1-3H2,(H,5,6);3*1H/p-3. The van der Waals surface area contributed by atoms with Crippen molar-refractivity contribution in [3.8, 4) is 0 Å². The lowest BCUT2D eigenvalue weighted by molar-refractivity contribution is -0.119. The first kappa shape index (κ1) is 16.2. The lowest BCUT2D eigenvalue weighted by atomic mass is 10.4. The Hall–Kier alpha value is 0.340. The van der Waals surface area contributed by atoms with E-state index in [0.717, 1.165) is 19.4 Å². The minimum Gasteiger partial charge on any atom is -1.00 e. The smallest absolute Gasteiger partial charge is 0.220 e. The minimum atomic E-state index is 0. The molecule has 0 aromatic heterocycles. The number of hydrogen-bond acceptors (Lipinski definition) is 1. The Balaban J connectivity index is -0.000000120. The van der Waals surface area contributed by atoms with Gasteiger partial charge in [0.05, 0.1) is 0 Å². The summed E-state index contributed by atoms with van der Waals surface area (Å²) >= 11 is 0. The maximum absolute atomic E-state index is 10.1. The Bertz CT molecular complexity index is 70.2. The minimum absolute atomic E-state index is 0. The first-order chi connectivity index (χ1) is 2.89. The summed E-state index contributed by atoms with van der Waals surface area (Å²) in [6, 6.07) is 0. The third kappa shape index (κ3) is 6.22. The van der Waals surface area contributed by atoms with Crippen LogP contribution in [0.1, 0.15) is 12.8 Å². The van der Waals surface area contributed by atoms with Gasteiger partial charge in [0, 0.05) is 13.0 Å². The number of nitrogens with one attached hydrogen (secondary N) is 1. The molecule has 0 aliphatic carbocycles. The zero-order valence-corrected chi connectivity index (χ0v) is 6.93. The molecule has 1 heterocycles. The number of hydrogen-bond donors (Lipinski definition) is 1. The number of carbonyl (C=O) groups is 1. The SMILES string of the molecule is O=C1CCCN1.[Cl-].[Cl-].[Cl-]. The van der Waals surface area contributed by atoms with E-state index < -0.39 is 0 Å². The molecule has 1 aliphatic rings. The van der Waals surface area contributed by atoms with Gasteiger partial charge in [-0.1, -0.05) is 0 Å². The molecule has 0 saturated carbocycles. The summed E-state index contributed by atoms with van der Waals surface area (Å²) < 4.78 is 0. The molecule has 1 aliphatic heterocycles. The van der Waals surface area contributed by atoms with Gasteiger partial charge in [0.15, 0.2) is 0 Å². The Morgan fingerprint density at radius 2 is 1.78 bits per heavy atom. The van der Waals surface area contributed by atoms with E-state index >= 15 is 0 Å². The van der Waals surface area contributed by atoms with Crippen molar-refractivity contribution >= 4 is 5.91 Å². The van der Waals surface area contributed by atoms with Crippen LogP contribution in [0.5, 0.6) is 0 Å². The molecule has 0 radical (unpaired) electrons. The van der Waals surface area contributed by atoms with Crippen LogP contribution >= 0.6 is 0 Å². The van der Waals surface area contributed by atoms with E-state index in [0.29, 0.717) is 0 Å². The van der Waals surface area contributed by atoms with Crippen molar-refractivity contribution in [1.29, 1.82) is 0 Å². The fourth-order valence-electron chi connectivity index (χ4n) is 0.565. The van der Waals surface area contributed by atoms with E-state index in [9.17, 15) is 4.79 Å². The molecule has 1 N–H and O–H groups in total. The topological polar surface area (TPSA) is 29.1 Å². The second-order valence-electron chi connectivity index (χ2n) is 1.45. The van der Waals surface area contributed by atoms with Crippen molar-refractivity contribution in [3.05, 3.63) is 0 Å². The molecule has 0 atom stereocenters. The lowest BCUT2D eigenvalue weighted by Crippen LogP contribution is -3.00. The number of carbonyl (C=O) groups excluding carboxylic acids is 1. The van der Waals surface area contributed by atoms with Crippen molar-refractivity contribution < 1.29 is 42.0 Å². The molecule has 1 fully saturated rings. The third-order valence-electron chi connectivity index (χ3n) is 0.903. The van der Waals surface area contributed by atoms with E-state index in [2.05, 4.69) is 5.32 Å². The molecular weight excluding hydrogens is 184 g/mol. The average Bonchev–Trinajstić information content (AvgIpc) is 1.86. The molecule has 5 heteroatoms. The van der Waals surface area contributed by atoms with Crippen LogP contribution in [0, 0.1) is 0 Å². The van der Waals surface area contributed by atoms with Gasteiger partial charge in [-0.05, 0) is 6.42 Å². The zero-order valence-electron chi connectivity index (χ0n) is 4.66. The number of halogens is 3. The summed E-state index contributed by atoms with van der Waals surface area (Å²) in [4.78, 5) is 10.1. The maximum atomic E-state index is 10.1. The Kier molecular flexibility index (Phi) is 15.0. The van der Waals surface area contributed by atoms with Crippen molar-refractivity contribution in [3.63, 3.8) is 0 Å². The largest absolute Gasteiger partial charge is 1.00 e. The Labute approximate surface area is 73.0 Å². The van der Waals surface area contributed by atoms with Gasteiger partial charge in [-0.3, -0.25) is 4.79 Å². The summed E-state index contributed by atoms with van der Waals surface area (Å²) in [6.07, 6.45) is 1.76. The molecule has 0 aromatic carbocycles. The molecule has 9 heavy (non-hydrogen) atoms. The monoisotopic (exact) mass is 190 g/mol. The van der Waals surface area contributed by atoms with E-state index in [1.165, 1.54) is 0 Å². The maximum Gasteiger partial charge on any atom is 0.220 e. The summed E-state index contributed by atoms with van der Waals surface area (Å²) in [7, 11) is 0. The number of rotatable bonds is 0. The predicted octanol–water partition coefficient (Wildman–Crippen LogP) is -9.09. The van der Waals surface area contributed by atoms with E-state index in [1.807, 2.05) is 0 Å². The molecule has 0 aromatic rings. The highest BCUT2D eigenvalue weighted by molar-refractivity contribution is 5.77. The van der Waals surface area contributed by atoms with Gasteiger partial charge in [0.25, 0.3) is 0 Å². The summed E-state index contributed by atoms with van der Waals surface area (Å²) in [6.45, 7) is 0.888. The molecule has 1 saturated heterocycles. The molecule has 0 spiro atoms. The van der Waals surface area contributed by atoms with Gasteiger partial charge >= 0.3 is 0 Å². The van der Waals surface area contributed by atoms with Crippen LogP contribution in [0.15, 0.2) is 0 Å². The van der Waals surface area contributed by atoms with Crippen LogP contribution in [0.25, 0.3) is 0 Å². The van der Waals surface area contributed by atoms with Gasteiger partial charge in [-0.25, -0.2) is 0 Å². The first-order valence-electron chi connectivity index (χ1n) is 2.16. The van der Waals surface area contributed by atoms with E-state index in [1.54, 1.807) is 0 Å². The fourth-order valence-corrected chi connectivity index (χ4v) is 0.565. The second-order valence-corrected chi connectivity index (χ2v) is 1.45. The highest BCUT2D eigenvalue weighted by Gasteiger charge is 2.05. The van der Waals surface area contributed by atoms with Crippen molar-refractivity contribution in [2.75, 3.05) is 6.54 Å². The predicted molar refractivity (Wildman–Crippen MR) is 22.2 cm³/mol. The van der Waals surface area contributed by atoms with Crippen molar-refractivity contribution in [2.45, 2.75) is 12.8 Å². The highest BCUT2D eigenvalue weighted by atomic mass is 35.5. The first-order valence-corrected chi connectivity index (χ1v) is 2.16. The Morgan fingerprint density at radius 3 is 1.89 bits per heavy atom. The molecule has 0 bridgehead atoms. The van der Waals surface area contributed by atoms with Crippen molar-refractivity contribution in [1.82, 2.24) is 5.32 Å². The summed E-state index contributed by atoms with van der Waals surface area (Å²) in [5.41, 5.74) is 0. The van der Waals surface area contributed by atoms with Crippen LogP contribution < -0.4 is 42.5 Å². The van der Waals surface area contributed by atoms with E-state index in [-0.39, 0.29) is 43.1 Å². The van der Waals surface area contributed by atoms with Crippen LogP contribution in [0.3, 0.4) is 0 Å². The third-order valence-corrected chi connectivity index (χ3v) is 0.903. The van der Waals surface area contributed by atoms with Gasteiger partial charge in [0.1, 0.15) is 0 Å². The normalized spacial score (nSPS) is 14.0. The number of amides is 1. The van der Waals surface area contributed by atoms with E-state index in [4.69, 9.17) is 0 Å². The molecule has 1 amide bonds. The quantitative estimate of drug-likeness (QED) is 0.405.